The summed E-state index contributed by atoms with van der Waals surface area (Å²) >= 11 is 0. The maximum absolute atomic E-state index is 11.3. The number of benzene rings is 1. The second-order valence-electron chi connectivity index (χ2n) is 4.83. The molecule has 0 bridgehead atoms. The molecule has 6 heteroatoms. The van der Waals surface area contributed by atoms with Gasteiger partial charge in [-0.05, 0) is 31.0 Å². The lowest BCUT2D eigenvalue weighted by Gasteiger charge is -2.20. The summed E-state index contributed by atoms with van der Waals surface area (Å²) in [5.41, 5.74) is 9.28. The van der Waals surface area contributed by atoms with Crippen molar-refractivity contribution < 1.29 is 9.00 Å². The van der Waals surface area contributed by atoms with E-state index < -0.39 is 10.8 Å². The smallest absolute Gasteiger partial charge is 0.224 e. The van der Waals surface area contributed by atoms with Crippen molar-refractivity contribution in [3.05, 3.63) is 17.7 Å². The number of nitrogens with two attached hydrogens (primary N) is 1. The number of carbonyl (C=O) groups is 1. The zero-order valence-electron chi connectivity index (χ0n) is 11.2. The molecule has 0 aromatic heterocycles. The molecule has 104 valence electrons. The number of fused-ring (bicyclic) bond motifs is 1. The summed E-state index contributed by atoms with van der Waals surface area (Å²) in [6.45, 7) is 2.54. The molecule has 2 rings (SSSR count). The molecule has 2 unspecified atom stereocenters. The summed E-state index contributed by atoms with van der Waals surface area (Å²) in [6.07, 6.45) is 2.93. The van der Waals surface area contributed by atoms with Gasteiger partial charge in [-0.15, -0.1) is 0 Å². The Balaban J connectivity index is 2.14. The van der Waals surface area contributed by atoms with Gasteiger partial charge in [0.05, 0.1) is 11.4 Å². The van der Waals surface area contributed by atoms with Crippen LogP contribution in [0.25, 0.3) is 0 Å². The molecule has 1 heterocycles. The molecule has 1 aliphatic heterocycles. The van der Waals surface area contributed by atoms with E-state index in [1.807, 2.05) is 13.0 Å². The minimum absolute atomic E-state index is 0.0302. The van der Waals surface area contributed by atoms with Gasteiger partial charge in [0.2, 0.25) is 5.91 Å². The van der Waals surface area contributed by atoms with Gasteiger partial charge in [0, 0.05) is 41.0 Å². The first-order valence-corrected chi connectivity index (χ1v) is 7.88. The van der Waals surface area contributed by atoms with E-state index in [0.29, 0.717) is 18.7 Å². The summed E-state index contributed by atoms with van der Waals surface area (Å²) in [6, 6.07) is 3.75. The molecule has 5 nitrogen and oxygen atoms in total. The van der Waals surface area contributed by atoms with Crippen LogP contribution in [-0.4, -0.2) is 28.2 Å². The first kappa shape index (κ1) is 13.9. The van der Waals surface area contributed by atoms with Crippen LogP contribution in [0.1, 0.15) is 18.9 Å². The van der Waals surface area contributed by atoms with Crippen LogP contribution in [0, 0.1) is 0 Å². The van der Waals surface area contributed by atoms with E-state index in [0.717, 1.165) is 23.4 Å². The fourth-order valence-corrected chi connectivity index (χ4v) is 2.29. The molecule has 1 aliphatic rings. The van der Waals surface area contributed by atoms with Crippen LogP contribution in [0.5, 0.6) is 0 Å². The Hall–Kier alpha value is -1.56. The maximum Gasteiger partial charge on any atom is 0.224 e. The number of anilines is 3. The minimum atomic E-state index is -0.858. The lowest BCUT2D eigenvalue weighted by molar-refractivity contribution is -0.116. The number of aryl methyl sites for hydroxylation is 1. The highest BCUT2D eigenvalue weighted by Gasteiger charge is 2.17. The molecule has 2 atom stereocenters. The SMILES string of the molecule is CC(CNc1cc2c(cc1N)NC(=O)CC2)S(C)=O. The van der Waals surface area contributed by atoms with Gasteiger partial charge < -0.3 is 16.4 Å². The van der Waals surface area contributed by atoms with Crippen LogP contribution in [0.4, 0.5) is 17.1 Å². The highest BCUT2D eigenvalue weighted by molar-refractivity contribution is 7.84. The highest BCUT2D eigenvalue weighted by Crippen LogP contribution is 2.30. The predicted molar refractivity (Wildman–Crippen MR) is 79.8 cm³/mol. The number of nitrogen functional groups attached to an aromatic ring is 1. The molecule has 0 saturated carbocycles. The quantitative estimate of drug-likeness (QED) is 0.727. The van der Waals surface area contributed by atoms with Crippen molar-refractivity contribution in [1.29, 1.82) is 0 Å². The minimum Gasteiger partial charge on any atom is -0.397 e. The normalized spacial score (nSPS) is 17.3. The van der Waals surface area contributed by atoms with Crippen LogP contribution >= 0.6 is 0 Å². The standard InChI is InChI=1S/C13H19N3O2S/c1-8(19(2)18)7-15-12-5-9-3-4-13(17)16-11(9)6-10(12)14/h5-6,8,15H,3-4,7,14H2,1-2H3,(H,16,17). The molecule has 0 radical (unpaired) electrons. The highest BCUT2D eigenvalue weighted by atomic mass is 32.2. The van der Waals surface area contributed by atoms with Crippen LogP contribution in [0.3, 0.4) is 0 Å². The van der Waals surface area contributed by atoms with Gasteiger partial charge >= 0.3 is 0 Å². The summed E-state index contributed by atoms with van der Waals surface area (Å²) in [7, 11) is -0.858. The second-order valence-corrected chi connectivity index (χ2v) is 6.64. The lowest BCUT2D eigenvalue weighted by atomic mass is 10.0. The van der Waals surface area contributed by atoms with Crippen molar-refractivity contribution in [2.24, 2.45) is 0 Å². The summed E-state index contributed by atoms with van der Waals surface area (Å²) < 4.78 is 11.3. The summed E-state index contributed by atoms with van der Waals surface area (Å²) in [5.74, 6) is 0.0302. The Labute approximate surface area is 115 Å². The maximum atomic E-state index is 11.3. The van der Waals surface area contributed by atoms with Gasteiger partial charge in [0.15, 0.2) is 0 Å². The van der Waals surface area contributed by atoms with Gasteiger partial charge in [-0.2, -0.15) is 0 Å². The summed E-state index contributed by atoms with van der Waals surface area (Å²) in [5, 5.41) is 6.11. The molecule has 1 aromatic rings. The largest absolute Gasteiger partial charge is 0.397 e. The van der Waals surface area contributed by atoms with E-state index in [4.69, 9.17) is 5.73 Å². The van der Waals surface area contributed by atoms with Crippen LogP contribution in [-0.2, 0) is 22.0 Å². The van der Waals surface area contributed by atoms with Crippen LogP contribution < -0.4 is 16.4 Å². The van der Waals surface area contributed by atoms with Gasteiger partial charge in [-0.3, -0.25) is 9.00 Å². The van der Waals surface area contributed by atoms with E-state index >= 15 is 0 Å². The van der Waals surface area contributed by atoms with Gasteiger partial charge in [0.25, 0.3) is 0 Å². The molecular weight excluding hydrogens is 262 g/mol. The van der Waals surface area contributed by atoms with Gasteiger partial charge in [0.1, 0.15) is 0 Å². The molecule has 0 aliphatic carbocycles. The van der Waals surface area contributed by atoms with Gasteiger partial charge in [-0.25, -0.2) is 0 Å². The van der Waals surface area contributed by atoms with E-state index in [9.17, 15) is 9.00 Å². The second kappa shape index (κ2) is 5.61. The number of hydrogen-bond donors (Lipinski definition) is 3. The Kier molecular flexibility index (Phi) is 4.09. The van der Waals surface area contributed by atoms with Gasteiger partial charge in [-0.1, -0.05) is 0 Å². The molecule has 4 N–H and O–H groups in total. The Morgan fingerprint density at radius 1 is 1.47 bits per heavy atom. The first-order valence-electron chi connectivity index (χ1n) is 6.25. The Morgan fingerprint density at radius 2 is 2.21 bits per heavy atom. The number of amides is 1. The summed E-state index contributed by atoms with van der Waals surface area (Å²) in [4.78, 5) is 11.3. The van der Waals surface area contributed by atoms with Crippen molar-refractivity contribution in [3.63, 3.8) is 0 Å². The van der Waals surface area contributed by atoms with E-state index in [2.05, 4.69) is 10.6 Å². The predicted octanol–water partition coefficient (Wildman–Crippen LogP) is 1.33. The molecule has 0 saturated heterocycles. The third kappa shape index (κ3) is 3.26. The average Bonchev–Trinajstić information content (AvgIpc) is 2.35. The molecule has 0 fully saturated rings. The average molecular weight is 281 g/mol. The zero-order chi connectivity index (χ0) is 14.0. The first-order chi connectivity index (χ1) is 8.97. The van der Waals surface area contributed by atoms with E-state index in [-0.39, 0.29) is 11.2 Å². The van der Waals surface area contributed by atoms with Crippen molar-refractivity contribution in [3.8, 4) is 0 Å². The monoisotopic (exact) mass is 281 g/mol. The third-order valence-corrected chi connectivity index (χ3v) is 4.62. The van der Waals surface area contributed by atoms with Crippen molar-refractivity contribution in [2.45, 2.75) is 25.0 Å². The third-order valence-electron chi connectivity index (χ3n) is 3.32. The number of hydrogen-bond acceptors (Lipinski definition) is 4. The van der Waals surface area contributed by atoms with Crippen LogP contribution in [0.15, 0.2) is 12.1 Å². The van der Waals surface area contributed by atoms with Crippen molar-refractivity contribution in [2.75, 3.05) is 29.2 Å². The molecule has 1 amide bonds. The molecule has 1 aromatic carbocycles. The Morgan fingerprint density at radius 3 is 2.89 bits per heavy atom. The number of nitrogens with one attached hydrogen (secondary N) is 2. The molecule has 19 heavy (non-hydrogen) atoms. The lowest BCUT2D eigenvalue weighted by Crippen LogP contribution is -2.22. The number of carbonyl (C=O) groups excluding carboxylic acids is 1. The fourth-order valence-electron chi connectivity index (χ4n) is 1.97. The van der Waals surface area contributed by atoms with E-state index in [1.165, 1.54) is 0 Å². The fraction of sp³-hybridized carbons (Fsp3) is 0.462. The molecule has 0 spiro atoms. The zero-order valence-corrected chi connectivity index (χ0v) is 12.0. The van der Waals surface area contributed by atoms with E-state index in [1.54, 1.807) is 12.3 Å². The topological polar surface area (TPSA) is 84.2 Å². The number of rotatable bonds is 4. The van der Waals surface area contributed by atoms with Crippen molar-refractivity contribution in [1.82, 2.24) is 0 Å². The Bertz CT molecular complexity index is 531. The van der Waals surface area contributed by atoms with Crippen molar-refractivity contribution >= 4 is 33.8 Å². The van der Waals surface area contributed by atoms with Crippen LogP contribution in [0.2, 0.25) is 0 Å². The molecular formula is C13H19N3O2S.